The van der Waals surface area contributed by atoms with Gasteiger partial charge in [0.2, 0.25) is 5.91 Å². The topological polar surface area (TPSA) is 86.9 Å². The van der Waals surface area contributed by atoms with E-state index in [0.29, 0.717) is 22.7 Å². The number of aromatic amines is 1. The summed E-state index contributed by atoms with van der Waals surface area (Å²) in [7, 11) is 0. The third kappa shape index (κ3) is 5.18. The molecule has 6 nitrogen and oxygen atoms in total. The lowest BCUT2D eigenvalue weighted by Gasteiger charge is -2.12. The first kappa shape index (κ1) is 21.6. The van der Waals surface area contributed by atoms with Gasteiger partial charge in [0, 0.05) is 28.6 Å². The zero-order chi connectivity index (χ0) is 22.5. The maximum absolute atomic E-state index is 13.0. The molecule has 4 rings (SSSR count). The average molecular weight is 445 g/mol. The van der Waals surface area contributed by atoms with Crippen molar-refractivity contribution >= 4 is 46.0 Å². The number of aromatic nitrogens is 2. The van der Waals surface area contributed by atoms with E-state index < -0.39 is 0 Å². The van der Waals surface area contributed by atoms with Crippen LogP contribution in [0.1, 0.15) is 29.8 Å². The third-order valence-electron chi connectivity index (χ3n) is 4.91. The molecule has 1 heterocycles. The van der Waals surface area contributed by atoms with Crippen molar-refractivity contribution in [2.45, 2.75) is 24.8 Å². The molecular weight excluding hydrogens is 420 g/mol. The number of nitrogens with zero attached hydrogens (tertiary/aromatic N) is 1. The van der Waals surface area contributed by atoms with Crippen LogP contribution in [0.2, 0.25) is 0 Å². The summed E-state index contributed by atoms with van der Waals surface area (Å²) in [6.07, 6.45) is 0. The van der Waals surface area contributed by atoms with Crippen molar-refractivity contribution in [3.05, 3.63) is 83.9 Å². The first-order valence-corrected chi connectivity index (χ1v) is 11.4. The highest BCUT2D eigenvalue weighted by Crippen LogP contribution is 2.25. The lowest BCUT2D eigenvalue weighted by atomic mass is 10.1. The van der Waals surface area contributed by atoms with Crippen molar-refractivity contribution in [2.24, 2.45) is 5.92 Å². The highest BCUT2D eigenvalue weighted by Gasteiger charge is 2.13. The fourth-order valence-corrected chi connectivity index (χ4v) is 4.06. The number of carbonyl (C=O) groups is 2. The van der Waals surface area contributed by atoms with E-state index in [1.807, 2.05) is 62.4 Å². The number of H-pyrrole nitrogens is 1. The molecule has 2 amide bonds. The van der Waals surface area contributed by atoms with Crippen LogP contribution in [0.5, 0.6) is 0 Å². The average Bonchev–Trinajstić information content (AvgIpc) is 3.21. The summed E-state index contributed by atoms with van der Waals surface area (Å²) in [5, 5.41) is 6.60. The van der Waals surface area contributed by atoms with Gasteiger partial charge in [0.25, 0.3) is 5.91 Å². The second-order valence-electron chi connectivity index (χ2n) is 7.68. The minimum absolute atomic E-state index is 0.0681. The van der Waals surface area contributed by atoms with Gasteiger partial charge in [0.15, 0.2) is 5.16 Å². The van der Waals surface area contributed by atoms with Crippen LogP contribution >= 0.6 is 11.8 Å². The zero-order valence-corrected chi connectivity index (χ0v) is 18.7. The third-order valence-corrected chi connectivity index (χ3v) is 5.83. The molecule has 3 N–H and O–H groups in total. The number of carbonyl (C=O) groups excluding carboxylic acids is 2. The van der Waals surface area contributed by atoms with Crippen molar-refractivity contribution in [2.75, 3.05) is 10.6 Å². The van der Waals surface area contributed by atoms with Crippen LogP contribution in [0.15, 0.2) is 78.0 Å². The summed E-state index contributed by atoms with van der Waals surface area (Å²) >= 11 is 1.55. The summed E-state index contributed by atoms with van der Waals surface area (Å²) in [5.74, 6) is 0.220. The van der Waals surface area contributed by atoms with Crippen LogP contribution < -0.4 is 10.6 Å². The van der Waals surface area contributed by atoms with E-state index in [1.54, 1.807) is 36.0 Å². The Balaban J connectivity index is 1.46. The van der Waals surface area contributed by atoms with Gasteiger partial charge in [-0.15, -0.1) is 0 Å². The highest BCUT2D eigenvalue weighted by atomic mass is 32.2. The highest BCUT2D eigenvalue weighted by molar-refractivity contribution is 7.98. The molecule has 0 saturated heterocycles. The van der Waals surface area contributed by atoms with Gasteiger partial charge >= 0.3 is 0 Å². The lowest BCUT2D eigenvalue weighted by molar-refractivity contribution is -0.118. The molecule has 0 aliphatic carbocycles. The molecule has 32 heavy (non-hydrogen) atoms. The first-order valence-electron chi connectivity index (χ1n) is 10.4. The molecule has 4 aromatic rings. The smallest absolute Gasteiger partial charge is 0.255 e. The molecule has 0 spiro atoms. The molecule has 1 aromatic heterocycles. The lowest BCUT2D eigenvalue weighted by Crippen LogP contribution is -2.18. The molecule has 0 atom stereocenters. The van der Waals surface area contributed by atoms with Gasteiger partial charge in [0.1, 0.15) is 0 Å². The van der Waals surface area contributed by atoms with E-state index in [9.17, 15) is 9.59 Å². The monoisotopic (exact) mass is 444 g/mol. The molecule has 0 radical (unpaired) electrons. The van der Waals surface area contributed by atoms with Gasteiger partial charge in [-0.1, -0.05) is 62.0 Å². The van der Waals surface area contributed by atoms with Crippen molar-refractivity contribution < 1.29 is 9.59 Å². The van der Waals surface area contributed by atoms with Crippen molar-refractivity contribution in [1.82, 2.24) is 9.97 Å². The number of anilines is 2. The Morgan fingerprint density at radius 1 is 0.938 bits per heavy atom. The zero-order valence-electron chi connectivity index (χ0n) is 17.9. The van der Waals surface area contributed by atoms with Gasteiger partial charge in [0.05, 0.1) is 11.0 Å². The van der Waals surface area contributed by atoms with Gasteiger partial charge < -0.3 is 15.6 Å². The quantitative estimate of drug-likeness (QED) is 0.319. The molecule has 0 aliphatic rings. The minimum atomic E-state index is -0.196. The molecule has 3 aromatic carbocycles. The summed E-state index contributed by atoms with van der Waals surface area (Å²) in [5.41, 5.74) is 4.70. The van der Waals surface area contributed by atoms with Gasteiger partial charge in [-0.2, -0.15) is 0 Å². The van der Waals surface area contributed by atoms with Crippen LogP contribution in [0.25, 0.3) is 11.0 Å². The van der Waals surface area contributed by atoms with Crippen molar-refractivity contribution in [1.29, 1.82) is 0 Å². The first-order chi connectivity index (χ1) is 15.5. The van der Waals surface area contributed by atoms with Crippen LogP contribution in [-0.4, -0.2) is 21.8 Å². The van der Waals surface area contributed by atoms with Gasteiger partial charge in [-0.3, -0.25) is 9.59 Å². The Labute approximate surface area is 190 Å². The van der Waals surface area contributed by atoms with Crippen LogP contribution in [0, 0.1) is 5.92 Å². The standard InChI is InChI=1S/C25H24N4O2S/c1-16(2)23(30)26-18-9-7-10-19(14-18)27-24(31)20-11-4-3-8-17(20)15-32-25-28-21-12-5-6-13-22(21)29-25/h3-14,16H,15H2,1-2H3,(H,26,30)(H,27,31)(H,28,29). The maximum atomic E-state index is 13.0. The van der Waals surface area contributed by atoms with E-state index in [2.05, 4.69) is 20.6 Å². The minimum Gasteiger partial charge on any atom is -0.333 e. The predicted octanol–water partition coefficient (Wildman–Crippen LogP) is 5.70. The fourth-order valence-electron chi connectivity index (χ4n) is 3.17. The molecule has 0 fully saturated rings. The number of para-hydroxylation sites is 2. The number of imidazole rings is 1. The van der Waals surface area contributed by atoms with Crippen LogP contribution in [0.3, 0.4) is 0 Å². The molecule has 0 bridgehead atoms. The SMILES string of the molecule is CC(C)C(=O)Nc1cccc(NC(=O)c2ccccc2CSc2nc3ccccc3[nH]2)c1. The second-order valence-corrected chi connectivity index (χ2v) is 8.65. The number of hydrogen-bond acceptors (Lipinski definition) is 4. The molecule has 0 saturated carbocycles. The van der Waals surface area contributed by atoms with E-state index in [1.165, 1.54) is 0 Å². The number of amides is 2. The number of fused-ring (bicyclic) bond motifs is 1. The molecule has 7 heteroatoms. The number of hydrogen-bond donors (Lipinski definition) is 3. The van der Waals surface area contributed by atoms with Gasteiger partial charge in [-0.25, -0.2) is 4.98 Å². The normalized spacial score (nSPS) is 11.0. The number of thioether (sulfide) groups is 1. The Morgan fingerprint density at radius 2 is 1.66 bits per heavy atom. The Morgan fingerprint density at radius 3 is 2.44 bits per heavy atom. The summed E-state index contributed by atoms with van der Waals surface area (Å²) < 4.78 is 0. The van der Waals surface area contributed by atoms with Crippen LogP contribution in [0.4, 0.5) is 11.4 Å². The number of nitrogens with one attached hydrogen (secondary N) is 3. The second kappa shape index (κ2) is 9.70. The number of benzene rings is 3. The predicted molar refractivity (Wildman–Crippen MR) is 130 cm³/mol. The van der Waals surface area contributed by atoms with Crippen LogP contribution in [-0.2, 0) is 10.5 Å². The Kier molecular flexibility index (Phi) is 6.56. The van der Waals surface area contributed by atoms with E-state index in [-0.39, 0.29) is 17.7 Å². The number of rotatable bonds is 7. The Bertz CT molecular complexity index is 1230. The molecule has 0 unspecified atom stereocenters. The summed E-state index contributed by atoms with van der Waals surface area (Å²) in [6.45, 7) is 3.67. The summed E-state index contributed by atoms with van der Waals surface area (Å²) in [6, 6.07) is 22.6. The van der Waals surface area contributed by atoms with E-state index >= 15 is 0 Å². The van der Waals surface area contributed by atoms with E-state index in [4.69, 9.17) is 0 Å². The molecular formula is C25H24N4O2S. The van der Waals surface area contributed by atoms with Crippen molar-refractivity contribution in [3.8, 4) is 0 Å². The van der Waals surface area contributed by atoms with Gasteiger partial charge in [-0.05, 0) is 42.0 Å². The summed E-state index contributed by atoms with van der Waals surface area (Å²) in [4.78, 5) is 32.8. The maximum Gasteiger partial charge on any atom is 0.255 e. The fraction of sp³-hybridized carbons (Fsp3) is 0.160. The molecule has 0 aliphatic heterocycles. The van der Waals surface area contributed by atoms with E-state index in [0.717, 1.165) is 21.8 Å². The largest absolute Gasteiger partial charge is 0.333 e. The van der Waals surface area contributed by atoms with Crippen molar-refractivity contribution in [3.63, 3.8) is 0 Å². The molecule has 162 valence electrons. The Hall–Kier alpha value is -3.58.